The lowest BCUT2D eigenvalue weighted by atomic mass is 10.3. The summed E-state index contributed by atoms with van der Waals surface area (Å²) in [6.07, 6.45) is 2.62. The number of thioether (sulfide) groups is 1. The van der Waals surface area contributed by atoms with Gasteiger partial charge in [0.05, 0.1) is 12.1 Å². The highest BCUT2D eigenvalue weighted by molar-refractivity contribution is 7.99. The third-order valence-electron chi connectivity index (χ3n) is 1.99. The number of primary amides is 1. The monoisotopic (exact) mass is 204 g/mol. The Hall–Kier alpha value is -0.260. The minimum absolute atomic E-state index is 0.352. The zero-order valence-electron chi connectivity index (χ0n) is 7.57. The molecule has 1 heterocycles. The Morgan fingerprint density at radius 2 is 2.46 bits per heavy atom. The fourth-order valence-corrected chi connectivity index (χ4v) is 2.26. The first-order valence-corrected chi connectivity index (χ1v) is 5.60. The van der Waals surface area contributed by atoms with Crippen LogP contribution in [0.15, 0.2) is 0 Å². The van der Waals surface area contributed by atoms with Gasteiger partial charge in [0.25, 0.3) is 0 Å². The Morgan fingerprint density at radius 1 is 1.69 bits per heavy atom. The fourth-order valence-electron chi connectivity index (χ4n) is 1.18. The molecule has 0 radical (unpaired) electrons. The van der Waals surface area contributed by atoms with Crippen LogP contribution in [-0.2, 0) is 9.53 Å². The summed E-state index contributed by atoms with van der Waals surface area (Å²) >= 11 is 1.64. The standard InChI is InChI=1S/C8H16N2O2S/c9-7(8(10)11)5-13-4-6-2-1-3-12-6/h6-7H,1-5,9H2,(H2,10,11). The van der Waals surface area contributed by atoms with Gasteiger partial charge in [0.15, 0.2) is 0 Å². The second-order valence-corrected chi connectivity index (χ2v) is 4.26. The number of carbonyl (C=O) groups excluding carboxylic acids is 1. The highest BCUT2D eigenvalue weighted by Gasteiger charge is 2.16. The predicted molar refractivity (Wildman–Crippen MR) is 53.5 cm³/mol. The van der Waals surface area contributed by atoms with E-state index in [-0.39, 0.29) is 0 Å². The summed E-state index contributed by atoms with van der Waals surface area (Å²) in [5.41, 5.74) is 10.5. The lowest BCUT2D eigenvalue weighted by Gasteiger charge is -2.10. The van der Waals surface area contributed by atoms with E-state index in [0.29, 0.717) is 11.9 Å². The van der Waals surface area contributed by atoms with Gasteiger partial charge >= 0.3 is 0 Å². The molecule has 2 unspecified atom stereocenters. The van der Waals surface area contributed by atoms with Crippen LogP contribution < -0.4 is 11.5 Å². The van der Waals surface area contributed by atoms with Gasteiger partial charge in [0.2, 0.25) is 5.91 Å². The number of carbonyl (C=O) groups is 1. The van der Waals surface area contributed by atoms with Crippen molar-refractivity contribution in [2.45, 2.75) is 25.0 Å². The summed E-state index contributed by atoms with van der Waals surface area (Å²) in [4.78, 5) is 10.6. The van der Waals surface area contributed by atoms with Crippen LogP contribution in [0.2, 0.25) is 0 Å². The van der Waals surface area contributed by atoms with Crippen molar-refractivity contribution in [1.29, 1.82) is 0 Å². The van der Waals surface area contributed by atoms with Crippen LogP contribution in [-0.4, -0.2) is 36.2 Å². The molecule has 1 aliphatic rings. The minimum atomic E-state index is -0.522. The fraction of sp³-hybridized carbons (Fsp3) is 0.875. The second-order valence-electron chi connectivity index (χ2n) is 3.18. The van der Waals surface area contributed by atoms with E-state index in [9.17, 15) is 4.79 Å². The summed E-state index contributed by atoms with van der Waals surface area (Å²) in [7, 11) is 0. The Bertz CT molecular complexity index is 172. The average Bonchev–Trinajstić information content (AvgIpc) is 2.56. The second kappa shape index (κ2) is 5.47. The lowest BCUT2D eigenvalue weighted by molar-refractivity contribution is -0.118. The van der Waals surface area contributed by atoms with E-state index in [1.807, 2.05) is 0 Å². The van der Waals surface area contributed by atoms with Crippen LogP contribution in [0, 0.1) is 0 Å². The van der Waals surface area contributed by atoms with Crippen molar-refractivity contribution in [3.63, 3.8) is 0 Å². The quantitative estimate of drug-likeness (QED) is 0.645. The van der Waals surface area contributed by atoms with E-state index in [4.69, 9.17) is 16.2 Å². The number of hydrogen-bond acceptors (Lipinski definition) is 4. The van der Waals surface area contributed by atoms with Gasteiger partial charge in [0.1, 0.15) is 0 Å². The highest BCUT2D eigenvalue weighted by atomic mass is 32.2. The number of amides is 1. The number of hydrogen-bond donors (Lipinski definition) is 2. The van der Waals surface area contributed by atoms with Gasteiger partial charge < -0.3 is 16.2 Å². The van der Waals surface area contributed by atoms with E-state index in [2.05, 4.69) is 0 Å². The number of rotatable bonds is 5. The summed E-state index contributed by atoms with van der Waals surface area (Å²) in [6.45, 7) is 0.868. The van der Waals surface area contributed by atoms with Crippen LogP contribution in [0.1, 0.15) is 12.8 Å². The Labute approximate surface area is 82.4 Å². The normalized spacial score (nSPS) is 24.5. The van der Waals surface area contributed by atoms with Crippen molar-refractivity contribution in [2.75, 3.05) is 18.1 Å². The Balaban J connectivity index is 2.02. The molecule has 1 amide bonds. The van der Waals surface area contributed by atoms with Crippen LogP contribution in [0.5, 0.6) is 0 Å². The van der Waals surface area contributed by atoms with E-state index >= 15 is 0 Å². The molecular weight excluding hydrogens is 188 g/mol. The zero-order valence-corrected chi connectivity index (χ0v) is 8.39. The molecule has 1 saturated heterocycles. The number of nitrogens with two attached hydrogens (primary N) is 2. The third kappa shape index (κ3) is 3.97. The van der Waals surface area contributed by atoms with Gasteiger partial charge in [-0.05, 0) is 12.8 Å². The van der Waals surface area contributed by atoms with E-state index < -0.39 is 11.9 Å². The molecule has 0 aliphatic carbocycles. The van der Waals surface area contributed by atoms with Crippen LogP contribution in [0.25, 0.3) is 0 Å². The van der Waals surface area contributed by atoms with Gasteiger partial charge in [-0.1, -0.05) is 0 Å². The third-order valence-corrected chi connectivity index (χ3v) is 3.19. The SMILES string of the molecule is NC(=O)C(N)CSCC1CCCO1. The lowest BCUT2D eigenvalue weighted by Crippen LogP contribution is -2.38. The predicted octanol–water partition coefficient (Wildman–Crippen LogP) is -0.289. The van der Waals surface area contributed by atoms with Gasteiger partial charge in [-0.25, -0.2) is 0 Å². The molecule has 0 spiro atoms. The van der Waals surface area contributed by atoms with Crippen LogP contribution in [0.3, 0.4) is 0 Å². The van der Waals surface area contributed by atoms with E-state index in [0.717, 1.165) is 25.2 Å². The van der Waals surface area contributed by atoms with Crippen molar-refractivity contribution in [2.24, 2.45) is 11.5 Å². The number of ether oxygens (including phenoxy) is 1. The molecule has 1 rings (SSSR count). The molecule has 76 valence electrons. The smallest absolute Gasteiger partial charge is 0.235 e. The van der Waals surface area contributed by atoms with E-state index in [1.54, 1.807) is 11.8 Å². The Kier molecular flexibility index (Phi) is 4.55. The van der Waals surface area contributed by atoms with Crippen molar-refractivity contribution in [3.8, 4) is 0 Å². The first kappa shape index (κ1) is 10.8. The summed E-state index contributed by atoms with van der Waals surface area (Å²) < 4.78 is 5.42. The van der Waals surface area contributed by atoms with E-state index in [1.165, 1.54) is 0 Å². The maximum atomic E-state index is 10.6. The maximum absolute atomic E-state index is 10.6. The van der Waals surface area contributed by atoms with Gasteiger partial charge in [-0.3, -0.25) is 4.79 Å². The van der Waals surface area contributed by atoms with Crippen LogP contribution in [0.4, 0.5) is 0 Å². The molecular formula is C8H16N2O2S. The van der Waals surface area contributed by atoms with Crippen molar-refractivity contribution in [3.05, 3.63) is 0 Å². The molecule has 0 aromatic carbocycles. The summed E-state index contributed by atoms with van der Waals surface area (Å²) in [5, 5.41) is 0. The molecule has 0 aromatic heterocycles. The topological polar surface area (TPSA) is 78.3 Å². The van der Waals surface area contributed by atoms with Crippen molar-refractivity contribution < 1.29 is 9.53 Å². The first-order valence-electron chi connectivity index (χ1n) is 4.44. The minimum Gasteiger partial charge on any atom is -0.377 e. The molecule has 2 atom stereocenters. The molecule has 4 N–H and O–H groups in total. The maximum Gasteiger partial charge on any atom is 0.235 e. The van der Waals surface area contributed by atoms with Gasteiger partial charge in [-0.15, -0.1) is 0 Å². The molecule has 0 aromatic rings. The molecule has 0 bridgehead atoms. The molecule has 5 heteroatoms. The molecule has 4 nitrogen and oxygen atoms in total. The van der Waals surface area contributed by atoms with Gasteiger partial charge in [0, 0.05) is 18.1 Å². The summed E-state index contributed by atoms with van der Waals surface area (Å²) in [5.74, 6) is 1.08. The average molecular weight is 204 g/mol. The molecule has 0 saturated carbocycles. The van der Waals surface area contributed by atoms with Crippen LogP contribution >= 0.6 is 11.8 Å². The molecule has 1 aliphatic heterocycles. The molecule has 13 heavy (non-hydrogen) atoms. The Morgan fingerprint density at radius 3 is 3.00 bits per heavy atom. The zero-order chi connectivity index (χ0) is 9.68. The highest BCUT2D eigenvalue weighted by Crippen LogP contribution is 2.17. The largest absolute Gasteiger partial charge is 0.377 e. The summed E-state index contributed by atoms with van der Waals surface area (Å²) in [6, 6.07) is -0.522. The van der Waals surface area contributed by atoms with Crippen molar-refractivity contribution >= 4 is 17.7 Å². The van der Waals surface area contributed by atoms with Crippen molar-refractivity contribution in [1.82, 2.24) is 0 Å². The molecule has 1 fully saturated rings. The first-order chi connectivity index (χ1) is 6.20. The van der Waals surface area contributed by atoms with Gasteiger partial charge in [-0.2, -0.15) is 11.8 Å².